The van der Waals surface area contributed by atoms with Gasteiger partial charge in [0, 0.05) is 23.5 Å². The highest BCUT2D eigenvalue weighted by Gasteiger charge is 2.19. The lowest BCUT2D eigenvalue weighted by molar-refractivity contribution is 0.102. The molecule has 3 aromatic carbocycles. The Hall–Kier alpha value is -3.47. The summed E-state index contributed by atoms with van der Waals surface area (Å²) in [7, 11) is -7.60. The number of hydrogen-bond acceptors (Lipinski definition) is 5. The van der Waals surface area contributed by atoms with Gasteiger partial charge in [0.15, 0.2) is 0 Å². The lowest BCUT2D eigenvalue weighted by Gasteiger charge is -2.13. The first-order chi connectivity index (χ1) is 16.0. The summed E-state index contributed by atoms with van der Waals surface area (Å²) in [6.45, 7) is 7.07. The van der Waals surface area contributed by atoms with Crippen molar-refractivity contribution in [3.8, 4) is 0 Å². The maximum absolute atomic E-state index is 13.0. The van der Waals surface area contributed by atoms with Gasteiger partial charge in [-0.15, -0.1) is 6.58 Å². The molecule has 3 aromatic rings. The van der Waals surface area contributed by atoms with Gasteiger partial charge in [-0.25, -0.2) is 21.6 Å². The molecule has 34 heavy (non-hydrogen) atoms. The van der Waals surface area contributed by atoms with Gasteiger partial charge < -0.3 is 5.32 Å². The number of sulfonamides is 2. The third-order valence-electron chi connectivity index (χ3n) is 4.85. The highest BCUT2D eigenvalue weighted by atomic mass is 32.2. The third kappa shape index (κ3) is 6.10. The van der Waals surface area contributed by atoms with Gasteiger partial charge in [-0.05, 0) is 73.5 Å². The zero-order chi connectivity index (χ0) is 24.9. The summed E-state index contributed by atoms with van der Waals surface area (Å²) in [5.41, 5.74) is 2.36. The van der Waals surface area contributed by atoms with Crippen LogP contribution in [0, 0.1) is 13.8 Å². The monoisotopic (exact) mass is 499 g/mol. The molecular weight excluding hydrogens is 474 g/mol. The molecule has 1 amide bonds. The number of aryl methyl sites for hydroxylation is 2. The standard InChI is InChI=1S/C24H25N3O5S2/c1-4-14-25-33(29,30)22-12-9-19(10-13-22)24(28)26-20-11-8-18(3)23(16-20)34(31,32)27-21-7-5-6-17(2)15-21/h4-13,15-16,25,27H,1,14H2,2-3H3,(H,26,28). The number of nitrogens with one attached hydrogen (secondary N) is 3. The van der Waals surface area contributed by atoms with Crippen molar-refractivity contribution in [3.63, 3.8) is 0 Å². The second-order valence-electron chi connectivity index (χ2n) is 7.57. The zero-order valence-electron chi connectivity index (χ0n) is 18.7. The molecule has 0 bridgehead atoms. The molecule has 0 aliphatic rings. The number of amides is 1. The second-order valence-corrected chi connectivity index (χ2v) is 11.0. The van der Waals surface area contributed by atoms with Gasteiger partial charge in [-0.3, -0.25) is 9.52 Å². The van der Waals surface area contributed by atoms with Gasteiger partial charge in [0.05, 0.1) is 9.79 Å². The number of rotatable bonds is 9. The SMILES string of the molecule is C=CCNS(=O)(=O)c1ccc(C(=O)Nc2ccc(C)c(S(=O)(=O)Nc3cccc(C)c3)c2)cc1. The Morgan fingerprint density at radius 3 is 2.24 bits per heavy atom. The minimum atomic E-state index is -3.90. The van der Waals surface area contributed by atoms with Crippen molar-refractivity contribution in [3.05, 3.63) is 96.1 Å². The van der Waals surface area contributed by atoms with E-state index in [4.69, 9.17) is 0 Å². The van der Waals surface area contributed by atoms with E-state index in [9.17, 15) is 21.6 Å². The van der Waals surface area contributed by atoms with Crippen LogP contribution in [0.3, 0.4) is 0 Å². The van der Waals surface area contributed by atoms with Crippen molar-refractivity contribution < 1.29 is 21.6 Å². The lowest BCUT2D eigenvalue weighted by Crippen LogP contribution is -2.23. The van der Waals surface area contributed by atoms with Crippen LogP contribution in [0.1, 0.15) is 21.5 Å². The Kier molecular flexibility index (Phi) is 7.55. The number of carbonyl (C=O) groups is 1. The summed E-state index contributed by atoms with van der Waals surface area (Å²) < 4.78 is 55.1. The molecule has 0 aliphatic heterocycles. The van der Waals surface area contributed by atoms with Gasteiger partial charge in [0.2, 0.25) is 10.0 Å². The molecule has 8 nitrogen and oxygen atoms in total. The molecule has 3 N–H and O–H groups in total. The predicted octanol–water partition coefficient (Wildman–Crippen LogP) is 3.82. The van der Waals surface area contributed by atoms with Gasteiger partial charge >= 0.3 is 0 Å². The van der Waals surface area contributed by atoms with E-state index < -0.39 is 26.0 Å². The van der Waals surface area contributed by atoms with Crippen LogP contribution in [0.25, 0.3) is 0 Å². The maximum atomic E-state index is 13.0. The van der Waals surface area contributed by atoms with Crippen LogP contribution in [-0.2, 0) is 20.0 Å². The van der Waals surface area contributed by atoms with Crippen LogP contribution in [0.4, 0.5) is 11.4 Å². The summed E-state index contributed by atoms with van der Waals surface area (Å²) in [4.78, 5) is 12.7. The first kappa shape index (κ1) is 25.2. The van der Waals surface area contributed by atoms with Gasteiger partial charge in [0.1, 0.15) is 0 Å². The first-order valence-electron chi connectivity index (χ1n) is 10.2. The number of benzene rings is 3. The minimum absolute atomic E-state index is 0.0110. The molecule has 0 saturated carbocycles. The fourth-order valence-electron chi connectivity index (χ4n) is 3.13. The van der Waals surface area contributed by atoms with Crippen molar-refractivity contribution in [1.82, 2.24) is 4.72 Å². The van der Waals surface area contributed by atoms with Crippen molar-refractivity contribution in [2.75, 3.05) is 16.6 Å². The summed E-state index contributed by atoms with van der Waals surface area (Å²) in [6.07, 6.45) is 1.42. The fourth-order valence-corrected chi connectivity index (χ4v) is 5.45. The van der Waals surface area contributed by atoms with Crippen LogP contribution < -0.4 is 14.8 Å². The molecule has 0 spiro atoms. The van der Waals surface area contributed by atoms with E-state index in [1.165, 1.54) is 36.4 Å². The van der Waals surface area contributed by atoms with E-state index >= 15 is 0 Å². The highest BCUT2D eigenvalue weighted by molar-refractivity contribution is 7.92. The summed E-state index contributed by atoms with van der Waals surface area (Å²) in [5.74, 6) is -0.512. The molecule has 10 heteroatoms. The quantitative estimate of drug-likeness (QED) is 0.387. The second kappa shape index (κ2) is 10.2. The molecule has 0 atom stereocenters. The lowest BCUT2D eigenvalue weighted by atomic mass is 10.2. The fraction of sp³-hybridized carbons (Fsp3) is 0.125. The van der Waals surface area contributed by atoms with Crippen LogP contribution in [0.15, 0.2) is 89.2 Å². The van der Waals surface area contributed by atoms with E-state index in [1.807, 2.05) is 13.0 Å². The molecule has 0 aromatic heterocycles. The Morgan fingerprint density at radius 1 is 0.882 bits per heavy atom. The molecule has 178 valence electrons. The average Bonchev–Trinajstić information content (AvgIpc) is 2.78. The third-order valence-corrected chi connectivity index (χ3v) is 7.81. The van der Waals surface area contributed by atoms with E-state index in [-0.39, 0.29) is 27.6 Å². The van der Waals surface area contributed by atoms with Crippen LogP contribution >= 0.6 is 0 Å². The van der Waals surface area contributed by atoms with Crippen molar-refractivity contribution in [2.45, 2.75) is 23.6 Å². The number of hydrogen-bond donors (Lipinski definition) is 3. The van der Waals surface area contributed by atoms with Crippen LogP contribution in [0.2, 0.25) is 0 Å². The topological polar surface area (TPSA) is 121 Å². The van der Waals surface area contributed by atoms with Crippen molar-refractivity contribution in [2.24, 2.45) is 0 Å². The van der Waals surface area contributed by atoms with Crippen LogP contribution in [-0.4, -0.2) is 29.3 Å². The molecule has 0 fully saturated rings. The molecule has 0 radical (unpaired) electrons. The predicted molar refractivity (Wildman–Crippen MR) is 133 cm³/mol. The van der Waals surface area contributed by atoms with Gasteiger partial charge in [-0.2, -0.15) is 0 Å². The molecule has 0 saturated heterocycles. The normalized spacial score (nSPS) is 11.6. The molecule has 0 unspecified atom stereocenters. The summed E-state index contributed by atoms with van der Waals surface area (Å²) in [6, 6.07) is 16.9. The van der Waals surface area contributed by atoms with E-state index in [2.05, 4.69) is 21.3 Å². The Bertz CT molecular complexity index is 1430. The molecular formula is C24H25N3O5S2. The highest BCUT2D eigenvalue weighted by Crippen LogP contribution is 2.24. The van der Waals surface area contributed by atoms with Gasteiger partial charge in [-0.1, -0.05) is 24.3 Å². The summed E-state index contributed by atoms with van der Waals surface area (Å²) in [5, 5.41) is 2.65. The zero-order valence-corrected chi connectivity index (χ0v) is 20.3. The van der Waals surface area contributed by atoms with Gasteiger partial charge in [0.25, 0.3) is 15.9 Å². The maximum Gasteiger partial charge on any atom is 0.262 e. The number of anilines is 2. The van der Waals surface area contributed by atoms with Crippen LogP contribution in [0.5, 0.6) is 0 Å². The minimum Gasteiger partial charge on any atom is -0.322 e. The largest absolute Gasteiger partial charge is 0.322 e. The average molecular weight is 500 g/mol. The molecule has 0 heterocycles. The van der Waals surface area contributed by atoms with Crippen molar-refractivity contribution in [1.29, 1.82) is 0 Å². The molecule has 3 rings (SSSR count). The molecule has 0 aliphatic carbocycles. The van der Waals surface area contributed by atoms with E-state index in [1.54, 1.807) is 37.3 Å². The Labute approximate surface area is 199 Å². The Morgan fingerprint density at radius 2 is 1.59 bits per heavy atom. The summed E-state index contributed by atoms with van der Waals surface area (Å²) >= 11 is 0. The van der Waals surface area contributed by atoms with Crippen molar-refractivity contribution >= 4 is 37.3 Å². The first-order valence-corrected chi connectivity index (χ1v) is 13.2. The van der Waals surface area contributed by atoms with E-state index in [0.29, 0.717) is 11.3 Å². The Balaban J connectivity index is 1.79. The number of carbonyl (C=O) groups excluding carboxylic acids is 1. The smallest absolute Gasteiger partial charge is 0.262 e. The van der Waals surface area contributed by atoms with E-state index in [0.717, 1.165) is 5.56 Å².